The zero-order valence-electron chi connectivity index (χ0n) is 16.1. The maximum atomic E-state index is 12.4. The van der Waals surface area contributed by atoms with E-state index < -0.39 is 0 Å². The monoisotopic (exact) mass is 363 g/mol. The number of aryl methyl sites for hydroxylation is 2. The molecule has 1 amide bonds. The lowest BCUT2D eigenvalue weighted by Gasteiger charge is -2.17. The fourth-order valence-electron chi connectivity index (χ4n) is 2.98. The van der Waals surface area contributed by atoms with Crippen LogP contribution in [0.4, 0.5) is 0 Å². The SMILES string of the molecule is Cc1cccc(OCCCC(=O)N(C)Cc2nc(C)c3ccccc3n2)c1. The van der Waals surface area contributed by atoms with Gasteiger partial charge in [-0.3, -0.25) is 4.79 Å². The minimum Gasteiger partial charge on any atom is -0.494 e. The molecule has 0 radical (unpaired) electrons. The summed E-state index contributed by atoms with van der Waals surface area (Å²) in [6.07, 6.45) is 1.11. The average Bonchev–Trinajstić information content (AvgIpc) is 2.65. The molecule has 0 aliphatic carbocycles. The molecule has 0 saturated heterocycles. The molecule has 0 bridgehead atoms. The van der Waals surface area contributed by atoms with Gasteiger partial charge in [0.05, 0.1) is 18.7 Å². The molecule has 0 saturated carbocycles. The van der Waals surface area contributed by atoms with Crippen LogP contribution < -0.4 is 4.74 Å². The Morgan fingerprint density at radius 1 is 1.07 bits per heavy atom. The van der Waals surface area contributed by atoms with Gasteiger partial charge in [0.25, 0.3) is 0 Å². The zero-order valence-corrected chi connectivity index (χ0v) is 16.1. The second-order valence-corrected chi connectivity index (χ2v) is 6.76. The van der Waals surface area contributed by atoms with Gasteiger partial charge in [0.1, 0.15) is 11.6 Å². The molecule has 27 heavy (non-hydrogen) atoms. The minimum absolute atomic E-state index is 0.0669. The first kappa shape index (κ1) is 18.8. The van der Waals surface area contributed by atoms with Gasteiger partial charge >= 0.3 is 0 Å². The minimum atomic E-state index is 0.0669. The van der Waals surface area contributed by atoms with Crippen LogP contribution in [0.5, 0.6) is 5.75 Å². The molecule has 0 aliphatic rings. The van der Waals surface area contributed by atoms with Crippen molar-refractivity contribution in [3.05, 3.63) is 65.6 Å². The fourth-order valence-corrected chi connectivity index (χ4v) is 2.98. The summed E-state index contributed by atoms with van der Waals surface area (Å²) in [5.74, 6) is 1.58. The van der Waals surface area contributed by atoms with Gasteiger partial charge in [-0.15, -0.1) is 0 Å². The van der Waals surface area contributed by atoms with E-state index in [4.69, 9.17) is 4.74 Å². The molecule has 0 aliphatic heterocycles. The average molecular weight is 363 g/mol. The fraction of sp³-hybridized carbons (Fsp3) is 0.318. The Hall–Kier alpha value is -2.95. The summed E-state index contributed by atoms with van der Waals surface area (Å²) < 4.78 is 5.70. The summed E-state index contributed by atoms with van der Waals surface area (Å²) in [5.41, 5.74) is 3.00. The molecule has 140 valence electrons. The maximum Gasteiger partial charge on any atom is 0.222 e. The second-order valence-electron chi connectivity index (χ2n) is 6.76. The van der Waals surface area contributed by atoms with Gasteiger partial charge in [0.2, 0.25) is 5.91 Å². The van der Waals surface area contributed by atoms with E-state index in [0.717, 1.165) is 27.9 Å². The first-order chi connectivity index (χ1) is 13.0. The number of amides is 1. The summed E-state index contributed by atoms with van der Waals surface area (Å²) in [6, 6.07) is 15.8. The third-order valence-corrected chi connectivity index (χ3v) is 4.44. The molecule has 2 aromatic carbocycles. The molecule has 3 aromatic rings. The molecule has 5 nitrogen and oxygen atoms in total. The summed E-state index contributed by atoms with van der Waals surface area (Å²) in [4.78, 5) is 23.2. The van der Waals surface area contributed by atoms with Crippen LogP contribution in [0.1, 0.15) is 29.9 Å². The van der Waals surface area contributed by atoms with Gasteiger partial charge < -0.3 is 9.64 Å². The van der Waals surface area contributed by atoms with E-state index in [1.807, 2.05) is 62.4 Å². The quantitative estimate of drug-likeness (QED) is 0.594. The van der Waals surface area contributed by atoms with Crippen molar-refractivity contribution in [2.45, 2.75) is 33.2 Å². The van der Waals surface area contributed by atoms with Gasteiger partial charge in [-0.05, 0) is 44.0 Å². The number of carbonyl (C=O) groups excluding carboxylic acids is 1. The topological polar surface area (TPSA) is 55.3 Å². The number of rotatable bonds is 7. The molecule has 0 spiro atoms. The Bertz CT molecular complexity index is 940. The van der Waals surface area contributed by atoms with Crippen molar-refractivity contribution in [2.24, 2.45) is 0 Å². The highest BCUT2D eigenvalue weighted by Gasteiger charge is 2.12. The Labute approximate surface area is 160 Å². The first-order valence-electron chi connectivity index (χ1n) is 9.18. The van der Waals surface area contributed by atoms with Crippen LogP contribution in [0.2, 0.25) is 0 Å². The van der Waals surface area contributed by atoms with E-state index in [2.05, 4.69) is 9.97 Å². The Morgan fingerprint density at radius 2 is 1.89 bits per heavy atom. The maximum absolute atomic E-state index is 12.4. The van der Waals surface area contributed by atoms with Crippen molar-refractivity contribution in [3.63, 3.8) is 0 Å². The van der Waals surface area contributed by atoms with Crippen LogP contribution in [-0.4, -0.2) is 34.4 Å². The predicted molar refractivity (Wildman–Crippen MR) is 107 cm³/mol. The van der Waals surface area contributed by atoms with E-state index >= 15 is 0 Å². The third kappa shape index (κ3) is 5.03. The summed E-state index contributed by atoms with van der Waals surface area (Å²) in [7, 11) is 1.79. The highest BCUT2D eigenvalue weighted by Crippen LogP contribution is 2.16. The Balaban J connectivity index is 1.50. The van der Waals surface area contributed by atoms with Crippen LogP contribution >= 0.6 is 0 Å². The normalized spacial score (nSPS) is 10.8. The number of nitrogens with zero attached hydrogens (tertiary/aromatic N) is 3. The van der Waals surface area contributed by atoms with Gasteiger partial charge in [0.15, 0.2) is 0 Å². The van der Waals surface area contributed by atoms with Crippen LogP contribution in [-0.2, 0) is 11.3 Å². The summed E-state index contributed by atoms with van der Waals surface area (Å²) in [6.45, 7) is 4.93. The molecule has 0 unspecified atom stereocenters. The van der Waals surface area contributed by atoms with Gasteiger partial charge in [0, 0.05) is 24.5 Å². The molecule has 5 heteroatoms. The smallest absolute Gasteiger partial charge is 0.222 e. The van der Waals surface area contributed by atoms with Crippen LogP contribution in [0.25, 0.3) is 10.9 Å². The van der Waals surface area contributed by atoms with Crippen molar-refractivity contribution in [1.82, 2.24) is 14.9 Å². The lowest BCUT2D eigenvalue weighted by Crippen LogP contribution is -2.27. The molecule has 1 heterocycles. The van der Waals surface area contributed by atoms with Crippen molar-refractivity contribution in [1.29, 1.82) is 0 Å². The number of benzene rings is 2. The van der Waals surface area contributed by atoms with E-state index in [1.54, 1.807) is 11.9 Å². The molecule has 0 atom stereocenters. The summed E-state index contributed by atoms with van der Waals surface area (Å²) >= 11 is 0. The molecular formula is C22H25N3O2. The number of hydrogen-bond donors (Lipinski definition) is 0. The lowest BCUT2D eigenvalue weighted by atomic mass is 10.2. The Kier molecular flexibility index (Phi) is 6.01. The van der Waals surface area contributed by atoms with Crippen LogP contribution in [0.3, 0.4) is 0 Å². The lowest BCUT2D eigenvalue weighted by molar-refractivity contribution is -0.130. The van der Waals surface area contributed by atoms with E-state index in [9.17, 15) is 4.79 Å². The molecule has 0 N–H and O–H groups in total. The van der Waals surface area contributed by atoms with Crippen LogP contribution in [0, 0.1) is 13.8 Å². The number of carbonyl (C=O) groups is 1. The van der Waals surface area contributed by atoms with E-state index in [-0.39, 0.29) is 5.91 Å². The van der Waals surface area contributed by atoms with E-state index in [0.29, 0.717) is 31.8 Å². The molecule has 0 fully saturated rings. The largest absolute Gasteiger partial charge is 0.494 e. The number of hydrogen-bond acceptors (Lipinski definition) is 4. The van der Waals surface area contributed by atoms with Crippen LogP contribution in [0.15, 0.2) is 48.5 Å². The van der Waals surface area contributed by atoms with Gasteiger partial charge in [-0.1, -0.05) is 30.3 Å². The number of aromatic nitrogens is 2. The molecule has 1 aromatic heterocycles. The van der Waals surface area contributed by atoms with Gasteiger partial charge in [-0.2, -0.15) is 0 Å². The molecule has 3 rings (SSSR count). The van der Waals surface area contributed by atoms with Crippen molar-refractivity contribution in [3.8, 4) is 5.75 Å². The highest BCUT2D eigenvalue weighted by molar-refractivity contribution is 5.80. The third-order valence-electron chi connectivity index (χ3n) is 4.44. The predicted octanol–water partition coefficient (Wildman–Crippen LogP) is 4.06. The van der Waals surface area contributed by atoms with E-state index in [1.165, 1.54) is 0 Å². The zero-order chi connectivity index (χ0) is 19.2. The summed E-state index contributed by atoms with van der Waals surface area (Å²) in [5, 5.41) is 1.04. The number of para-hydroxylation sites is 1. The number of fused-ring (bicyclic) bond motifs is 1. The van der Waals surface area contributed by atoms with Crippen molar-refractivity contribution in [2.75, 3.05) is 13.7 Å². The highest BCUT2D eigenvalue weighted by atomic mass is 16.5. The standard InChI is InChI=1S/C22H25N3O2/c1-16-8-6-9-18(14-16)27-13-7-12-22(26)25(3)15-21-23-17(2)19-10-4-5-11-20(19)24-21/h4-6,8-11,14H,7,12-13,15H2,1-3H3. The Morgan fingerprint density at radius 3 is 2.70 bits per heavy atom. The first-order valence-corrected chi connectivity index (χ1v) is 9.18. The second kappa shape index (κ2) is 8.62. The van der Waals surface area contributed by atoms with Gasteiger partial charge in [-0.25, -0.2) is 9.97 Å². The number of ether oxygens (including phenoxy) is 1. The molecular weight excluding hydrogens is 338 g/mol. The van der Waals surface area contributed by atoms with Crippen molar-refractivity contribution < 1.29 is 9.53 Å². The van der Waals surface area contributed by atoms with Crippen molar-refractivity contribution >= 4 is 16.8 Å².